The minimum absolute atomic E-state index is 0.264. The normalized spacial score (nSPS) is 12.6. The number of hydrogen-bond donors (Lipinski definition) is 2. The van der Waals surface area contributed by atoms with E-state index in [-0.39, 0.29) is 12.6 Å². The van der Waals surface area contributed by atoms with Crippen LogP contribution in [-0.2, 0) is 18.6 Å². The van der Waals surface area contributed by atoms with E-state index in [4.69, 9.17) is 14.5 Å². The lowest BCUT2D eigenvalue weighted by atomic mass is 10.0. The Morgan fingerprint density at radius 1 is 0.581 bits per heavy atom. The van der Waals surface area contributed by atoms with E-state index in [1.54, 1.807) is 11.8 Å². The predicted molar refractivity (Wildman–Crippen MR) is 186 cm³/mol. The second-order valence-corrected chi connectivity index (χ2v) is 15.0. The first-order valence-electron chi connectivity index (χ1n) is 18.4. The molecule has 0 aromatic carbocycles. The third-order valence-electron chi connectivity index (χ3n) is 8.16. The summed E-state index contributed by atoms with van der Waals surface area (Å²) in [5.74, 6) is 1.17. The number of esters is 1. The smallest absolute Gasteiger partial charge is 0.459 e. The number of hydrogen-bond acceptors (Lipinski definition) is 5. The Morgan fingerprint density at radius 3 is 1.30 bits per heavy atom. The van der Waals surface area contributed by atoms with E-state index in [2.05, 4.69) is 18.4 Å². The molecule has 0 aliphatic rings. The van der Waals surface area contributed by atoms with Gasteiger partial charge in [0.2, 0.25) is 0 Å². The number of unbranched alkanes of at least 4 members (excludes halogenated alkanes) is 25. The third kappa shape index (κ3) is 36.3. The van der Waals surface area contributed by atoms with Gasteiger partial charge in [-0.05, 0) is 18.6 Å². The van der Waals surface area contributed by atoms with Crippen LogP contribution in [-0.4, -0.2) is 40.0 Å². The van der Waals surface area contributed by atoms with Gasteiger partial charge < -0.3 is 14.5 Å². The molecule has 258 valence electrons. The zero-order valence-corrected chi connectivity index (χ0v) is 30.1. The molecular formula is C35H71O6PS. The standard InChI is InChI=1S/C35H71O6PS/c1-3-5-7-9-11-13-15-17-19-21-23-25-27-29-31-43-33-34(32-40-42(37,38)39)41-35(36)30-28-26-24-22-20-18-16-14-12-10-8-6-4-2/h34H,3-33H2,1-2H3,(H2,37,38,39). The number of carbonyl (C=O) groups excluding carboxylic acids is 1. The lowest BCUT2D eigenvalue weighted by Gasteiger charge is -2.18. The van der Waals surface area contributed by atoms with Crippen molar-refractivity contribution in [3.8, 4) is 0 Å². The van der Waals surface area contributed by atoms with Crippen LogP contribution < -0.4 is 0 Å². The Morgan fingerprint density at radius 2 is 0.930 bits per heavy atom. The molecule has 0 amide bonds. The molecule has 0 aromatic rings. The molecular weight excluding hydrogens is 579 g/mol. The topological polar surface area (TPSA) is 93.1 Å². The predicted octanol–water partition coefficient (Wildman–Crippen LogP) is 11.7. The molecule has 2 N–H and O–H groups in total. The van der Waals surface area contributed by atoms with Crippen LogP contribution in [0, 0.1) is 0 Å². The zero-order chi connectivity index (χ0) is 31.7. The van der Waals surface area contributed by atoms with E-state index in [1.807, 2.05) is 0 Å². The Labute approximate surface area is 271 Å². The SMILES string of the molecule is CCCCCCCCCCCCCCCCSCC(COP(=O)(O)O)OC(=O)CCCCCCCCCCCCCCC. The molecule has 0 aliphatic heterocycles. The first-order chi connectivity index (χ1) is 20.9. The number of ether oxygens (including phenoxy) is 1. The molecule has 0 spiro atoms. The summed E-state index contributed by atoms with van der Waals surface area (Å²) in [5, 5.41) is 0. The van der Waals surface area contributed by atoms with Gasteiger partial charge in [0.15, 0.2) is 0 Å². The van der Waals surface area contributed by atoms with Gasteiger partial charge in [-0.25, -0.2) is 4.57 Å². The van der Waals surface area contributed by atoms with Gasteiger partial charge >= 0.3 is 13.8 Å². The van der Waals surface area contributed by atoms with Crippen LogP contribution in [0.3, 0.4) is 0 Å². The monoisotopic (exact) mass is 650 g/mol. The Kier molecular flexibility index (Phi) is 33.2. The van der Waals surface area contributed by atoms with Gasteiger partial charge in [-0.1, -0.05) is 174 Å². The third-order valence-corrected chi connectivity index (χ3v) is 9.83. The summed E-state index contributed by atoms with van der Waals surface area (Å²) in [6, 6.07) is 0. The average Bonchev–Trinajstić information content (AvgIpc) is 2.97. The number of phosphoric ester groups is 1. The molecule has 1 atom stereocenters. The Balaban J connectivity index is 3.80. The highest BCUT2D eigenvalue weighted by Crippen LogP contribution is 2.36. The summed E-state index contributed by atoms with van der Waals surface area (Å²) in [6.45, 7) is 4.26. The molecule has 0 saturated carbocycles. The fourth-order valence-electron chi connectivity index (χ4n) is 5.44. The van der Waals surface area contributed by atoms with Crippen molar-refractivity contribution in [2.24, 2.45) is 0 Å². The van der Waals surface area contributed by atoms with Crippen LogP contribution in [0.15, 0.2) is 0 Å². The van der Waals surface area contributed by atoms with Crippen LogP contribution in [0.1, 0.15) is 194 Å². The largest absolute Gasteiger partial charge is 0.469 e. The maximum Gasteiger partial charge on any atom is 0.469 e. The van der Waals surface area contributed by atoms with Crippen molar-refractivity contribution in [2.75, 3.05) is 18.1 Å². The minimum atomic E-state index is -4.59. The zero-order valence-electron chi connectivity index (χ0n) is 28.4. The van der Waals surface area contributed by atoms with E-state index >= 15 is 0 Å². The number of phosphoric acid groups is 1. The van der Waals surface area contributed by atoms with Crippen LogP contribution >= 0.6 is 19.6 Å². The first kappa shape index (κ1) is 42.9. The van der Waals surface area contributed by atoms with Crippen molar-refractivity contribution in [3.63, 3.8) is 0 Å². The fourth-order valence-corrected chi connectivity index (χ4v) is 6.80. The molecule has 0 bridgehead atoms. The van der Waals surface area contributed by atoms with Crippen LogP contribution in [0.2, 0.25) is 0 Å². The van der Waals surface area contributed by atoms with Crippen molar-refractivity contribution in [2.45, 2.75) is 200 Å². The second kappa shape index (κ2) is 33.3. The molecule has 0 aliphatic carbocycles. The van der Waals surface area contributed by atoms with Crippen LogP contribution in [0.5, 0.6) is 0 Å². The molecule has 0 radical (unpaired) electrons. The van der Waals surface area contributed by atoms with Gasteiger partial charge in [0.1, 0.15) is 6.10 Å². The van der Waals surface area contributed by atoms with Gasteiger partial charge in [0.05, 0.1) is 6.61 Å². The molecule has 0 heterocycles. The second-order valence-electron chi connectivity index (χ2n) is 12.6. The Hall–Kier alpha value is -0.0700. The van der Waals surface area contributed by atoms with E-state index in [1.165, 1.54) is 148 Å². The molecule has 1 unspecified atom stereocenters. The first-order valence-corrected chi connectivity index (χ1v) is 21.0. The Bertz CT molecular complexity index is 629. The van der Waals surface area contributed by atoms with Crippen LogP contribution in [0.4, 0.5) is 0 Å². The van der Waals surface area contributed by atoms with Crippen molar-refractivity contribution in [3.05, 3.63) is 0 Å². The van der Waals surface area contributed by atoms with Crippen molar-refractivity contribution >= 4 is 25.6 Å². The van der Waals surface area contributed by atoms with Gasteiger partial charge in [0, 0.05) is 12.2 Å². The maximum absolute atomic E-state index is 12.4. The molecule has 0 aromatic heterocycles. The lowest BCUT2D eigenvalue weighted by Crippen LogP contribution is -2.25. The summed E-state index contributed by atoms with van der Waals surface area (Å²) in [6.07, 6.45) is 34.7. The summed E-state index contributed by atoms with van der Waals surface area (Å²) in [7, 11) is -4.59. The number of carbonyl (C=O) groups is 1. The fraction of sp³-hybridized carbons (Fsp3) is 0.971. The molecule has 6 nitrogen and oxygen atoms in total. The summed E-state index contributed by atoms with van der Waals surface area (Å²) < 4.78 is 21.4. The molecule has 8 heteroatoms. The highest BCUT2D eigenvalue weighted by Gasteiger charge is 2.21. The van der Waals surface area contributed by atoms with Crippen LogP contribution in [0.25, 0.3) is 0 Å². The highest BCUT2D eigenvalue weighted by atomic mass is 32.2. The van der Waals surface area contributed by atoms with Crippen molar-refractivity contribution < 1.29 is 28.4 Å². The lowest BCUT2D eigenvalue weighted by molar-refractivity contribution is -0.149. The van der Waals surface area contributed by atoms with E-state index in [0.717, 1.165) is 31.4 Å². The van der Waals surface area contributed by atoms with E-state index in [9.17, 15) is 9.36 Å². The molecule has 43 heavy (non-hydrogen) atoms. The van der Waals surface area contributed by atoms with Gasteiger partial charge in [-0.15, -0.1) is 0 Å². The van der Waals surface area contributed by atoms with Gasteiger partial charge in [0.25, 0.3) is 0 Å². The quantitative estimate of drug-likeness (QED) is 0.0400. The highest BCUT2D eigenvalue weighted by molar-refractivity contribution is 7.99. The minimum Gasteiger partial charge on any atom is -0.459 e. The average molecular weight is 651 g/mol. The van der Waals surface area contributed by atoms with E-state index < -0.39 is 13.9 Å². The number of thioether (sulfide) groups is 1. The number of rotatable bonds is 35. The molecule has 0 rings (SSSR count). The van der Waals surface area contributed by atoms with Crippen molar-refractivity contribution in [1.82, 2.24) is 0 Å². The van der Waals surface area contributed by atoms with Crippen molar-refractivity contribution in [1.29, 1.82) is 0 Å². The summed E-state index contributed by atoms with van der Waals surface area (Å²) in [4.78, 5) is 30.6. The van der Waals surface area contributed by atoms with Gasteiger partial charge in [-0.2, -0.15) is 11.8 Å². The van der Waals surface area contributed by atoms with E-state index in [0.29, 0.717) is 12.2 Å². The van der Waals surface area contributed by atoms with Gasteiger partial charge in [-0.3, -0.25) is 9.32 Å². The maximum atomic E-state index is 12.4. The summed E-state index contributed by atoms with van der Waals surface area (Å²) in [5.41, 5.74) is 0. The summed E-state index contributed by atoms with van der Waals surface area (Å²) >= 11 is 1.68. The molecule has 0 fully saturated rings. The molecule has 0 saturated heterocycles.